The quantitative estimate of drug-likeness (QED) is 0.852. The van der Waals surface area contributed by atoms with Crippen molar-refractivity contribution in [2.45, 2.75) is 19.9 Å². The van der Waals surface area contributed by atoms with Crippen LogP contribution >= 0.6 is 11.6 Å². The Labute approximate surface area is 117 Å². The van der Waals surface area contributed by atoms with E-state index in [0.717, 1.165) is 5.69 Å². The molecule has 1 aromatic carbocycles. The Morgan fingerprint density at radius 3 is 2.68 bits per heavy atom. The molecule has 0 amide bonds. The Morgan fingerprint density at radius 1 is 1.37 bits per heavy atom. The number of carbonyl (C=O) groups excluding carboxylic acids is 1. The number of anilines is 1. The lowest BCUT2D eigenvalue weighted by molar-refractivity contribution is 0.0994. The molecule has 100 valence electrons. The van der Waals surface area contributed by atoms with Gasteiger partial charge in [0.05, 0.1) is 17.8 Å². The van der Waals surface area contributed by atoms with Crippen molar-refractivity contribution in [3.05, 3.63) is 47.2 Å². The third-order valence-electron chi connectivity index (χ3n) is 2.73. The fourth-order valence-corrected chi connectivity index (χ4v) is 2.05. The van der Waals surface area contributed by atoms with Crippen LogP contribution in [0.25, 0.3) is 0 Å². The first kappa shape index (κ1) is 13.6. The van der Waals surface area contributed by atoms with E-state index in [2.05, 4.69) is 10.4 Å². The number of nitrogens with one attached hydrogen (secondary N) is 1. The van der Waals surface area contributed by atoms with Gasteiger partial charge in [0.2, 0.25) is 5.78 Å². The molecule has 0 bridgehead atoms. The maximum atomic E-state index is 12.2. The predicted molar refractivity (Wildman–Crippen MR) is 76.9 cm³/mol. The average Bonchev–Trinajstić information content (AvgIpc) is 2.79. The van der Waals surface area contributed by atoms with E-state index in [4.69, 9.17) is 11.6 Å². The van der Waals surface area contributed by atoms with Gasteiger partial charge < -0.3 is 5.32 Å². The fourth-order valence-electron chi connectivity index (χ4n) is 1.82. The lowest BCUT2D eigenvalue weighted by atomic mass is 10.2. The van der Waals surface area contributed by atoms with Crippen molar-refractivity contribution in [3.63, 3.8) is 0 Å². The van der Waals surface area contributed by atoms with Gasteiger partial charge >= 0.3 is 0 Å². The zero-order valence-corrected chi connectivity index (χ0v) is 11.7. The number of aromatic nitrogens is 2. The molecule has 0 saturated carbocycles. The molecule has 2 aromatic rings. The molecule has 0 unspecified atom stereocenters. The van der Waals surface area contributed by atoms with Crippen LogP contribution in [0, 0.1) is 0 Å². The van der Waals surface area contributed by atoms with Crippen LogP contribution in [-0.2, 0) is 0 Å². The molecule has 0 spiro atoms. The summed E-state index contributed by atoms with van der Waals surface area (Å²) in [5, 5.41) is 7.60. The summed E-state index contributed by atoms with van der Waals surface area (Å²) in [5.74, 6) is -0.0694. The standard InChI is InChI=1S/C14H16ClN3O/c1-10(2)18-14(12(15)8-17-18)13(19)9-16-11-6-4-3-5-7-11/h3-8,10,16H,9H2,1-2H3. The van der Waals surface area contributed by atoms with Crippen LogP contribution in [0.2, 0.25) is 5.02 Å². The minimum absolute atomic E-state index is 0.0694. The topological polar surface area (TPSA) is 46.9 Å². The summed E-state index contributed by atoms with van der Waals surface area (Å²) in [4.78, 5) is 12.2. The zero-order valence-electron chi connectivity index (χ0n) is 10.9. The molecule has 1 N–H and O–H groups in total. The van der Waals surface area contributed by atoms with Crippen LogP contribution in [0.4, 0.5) is 5.69 Å². The summed E-state index contributed by atoms with van der Waals surface area (Å²) in [5.41, 5.74) is 1.36. The van der Waals surface area contributed by atoms with E-state index in [0.29, 0.717) is 10.7 Å². The van der Waals surface area contributed by atoms with Crippen LogP contribution in [0.5, 0.6) is 0 Å². The molecule has 0 fully saturated rings. The Morgan fingerprint density at radius 2 is 2.05 bits per heavy atom. The average molecular weight is 278 g/mol. The number of rotatable bonds is 5. The molecule has 1 heterocycles. The summed E-state index contributed by atoms with van der Waals surface area (Å²) in [6.07, 6.45) is 1.51. The van der Waals surface area contributed by atoms with E-state index in [1.807, 2.05) is 44.2 Å². The third kappa shape index (κ3) is 3.15. The monoisotopic (exact) mass is 277 g/mol. The van der Waals surface area contributed by atoms with Gasteiger partial charge in [-0.3, -0.25) is 9.48 Å². The smallest absolute Gasteiger partial charge is 0.201 e. The second-order valence-electron chi connectivity index (χ2n) is 4.52. The Balaban J connectivity index is 2.10. The van der Waals surface area contributed by atoms with E-state index < -0.39 is 0 Å². The van der Waals surface area contributed by atoms with Crippen molar-refractivity contribution in [2.75, 3.05) is 11.9 Å². The molecular formula is C14H16ClN3O. The lowest BCUT2D eigenvalue weighted by Crippen LogP contribution is -2.20. The first-order valence-corrected chi connectivity index (χ1v) is 6.52. The maximum absolute atomic E-state index is 12.2. The molecular weight excluding hydrogens is 262 g/mol. The van der Waals surface area contributed by atoms with Gasteiger partial charge in [-0.05, 0) is 26.0 Å². The van der Waals surface area contributed by atoms with Crippen molar-refractivity contribution in [2.24, 2.45) is 0 Å². The highest BCUT2D eigenvalue weighted by atomic mass is 35.5. The fraction of sp³-hybridized carbons (Fsp3) is 0.286. The van der Waals surface area contributed by atoms with Gasteiger partial charge in [-0.1, -0.05) is 29.8 Å². The van der Waals surface area contributed by atoms with Crippen LogP contribution in [0.15, 0.2) is 36.5 Å². The number of ketones is 1. The highest BCUT2D eigenvalue weighted by Gasteiger charge is 2.18. The molecule has 1 aromatic heterocycles. The van der Waals surface area contributed by atoms with Crippen molar-refractivity contribution in [3.8, 4) is 0 Å². The number of para-hydroxylation sites is 1. The van der Waals surface area contributed by atoms with Crippen LogP contribution in [0.1, 0.15) is 30.4 Å². The predicted octanol–water partition coefficient (Wildman–Crippen LogP) is 3.41. The highest BCUT2D eigenvalue weighted by molar-refractivity contribution is 6.33. The van der Waals surface area contributed by atoms with Crippen LogP contribution < -0.4 is 5.32 Å². The van der Waals surface area contributed by atoms with Gasteiger partial charge in [0, 0.05) is 11.7 Å². The summed E-state index contributed by atoms with van der Waals surface area (Å²) < 4.78 is 1.65. The first-order valence-electron chi connectivity index (χ1n) is 6.14. The van der Waals surface area contributed by atoms with E-state index in [1.165, 1.54) is 6.20 Å². The summed E-state index contributed by atoms with van der Waals surface area (Å²) >= 11 is 6.03. The van der Waals surface area contributed by atoms with E-state index in [-0.39, 0.29) is 18.4 Å². The SMILES string of the molecule is CC(C)n1ncc(Cl)c1C(=O)CNc1ccccc1. The van der Waals surface area contributed by atoms with Gasteiger partial charge in [-0.25, -0.2) is 0 Å². The lowest BCUT2D eigenvalue weighted by Gasteiger charge is -2.11. The van der Waals surface area contributed by atoms with Crippen molar-refractivity contribution in [1.82, 2.24) is 9.78 Å². The molecule has 0 saturated heterocycles. The Hall–Kier alpha value is -1.81. The molecule has 0 atom stereocenters. The van der Waals surface area contributed by atoms with Gasteiger partial charge in [-0.15, -0.1) is 0 Å². The Bertz CT molecular complexity index is 563. The van der Waals surface area contributed by atoms with Gasteiger partial charge in [0.25, 0.3) is 0 Å². The van der Waals surface area contributed by atoms with Crippen molar-refractivity contribution < 1.29 is 4.79 Å². The zero-order chi connectivity index (χ0) is 13.8. The molecule has 5 heteroatoms. The summed E-state index contributed by atoms with van der Waals surface area (Å²) in [7, 11) is 0. The molecule has 0 radical (unpaired) electrons. The maximum Gasteiger partial charge on any atom is 0.201 e. The van der Waals surface area contributed by atoms with E-state index in [9.17, 15) is 4.79 Å². The molecule has 0 aliphatic rings. The largest absolute Gasteiger partial charge is 0.378 e. The molecule has 0 aliphatic heterocycles. The molecule has 4 nitrogen and oxygen atoms in total. The highest BCUT2D eigenvalue weighted by Crippen LogP contribution is 2.19. The number of hydrogen-bond donors (Lipinski definition) is 1. The minimum Gasteiger partial charge on any atom is -0.378 e. The number of benzene rings is 1. The summed E-state index contributed by atoms with van der Waals surface area (Å²) in [6.45, 7) is 4.12. The molecule has 2 rings (SSSR count). The Kier molecular flexibility index (Phi) is 4.22. The van der Waals surface area contributed by atoms with E-state index in [1.54, 1.807) is 4.68 Å². The number of halogens is 1. The van der Waals surface area contributed by atoms with Gasteiger partial charge in [-0.2, -0.15) is 5.10 Å². The normalized spacial score (nSPS) is 10.7. The minimum atomic E-state index is -0.0694. The number of nitrogens with zero attached hydrogens (tertiary/aromatic N) is 2. The number of carbonyl (C=O) groups is 1. The van der Waals surface area contributed by atoms with Crippen LogP contribution in [-0.4, -0.2) is 22.1 Å². The molecule has 19 heavy (non-hydrogen) atoms. The summed E-state index contributed by atoms with van der Waals surface area (Å²) in [6, 6.07) is 9.68. The van der Waals surface area contributed by atoms with Crippen LogP contribution in [0.3, 0.4) is 0 Å². The van der Waals surface area contributed by atoms with Gasteiger partial charge in [0.1, 0.15) is 5.69 Å². The number of hydrogen-bond acceptors (Lipinski definition) is 3. The second kappa shape index (κ2) is 5.89. The third-order valence-corrected chi connectivity index (χ3v) is 3.01. The van der Waals surface area contributed by atoms with Gasteiger partial charge in [0.15, 0.2) is 0 Å². The molecule has 0 aliphatic carbocycles. The first-order chi connectivity index (χ1) is 9.09. The van der Waals surface area contributed by atoms with Crippen molar-refractivity contribution in [1.29, 1.82) is 0 Å². The van der Waals surface area contributed by atoms with E-state index >= 15 is 0 Å². The second-order valence-corrected chi connectivity index (χ2v) is 4.93. The number of Topliss-reactive ketones (excluding diaryl/α,β-unsaturated/α-hetero) is 1. The van der Waals surface area contributed by atoms with Crippen molar-refractivity contribution >= 4 is 23.1 Å².